The van der Waals surface area contributed by atoms with Crippen molar-refractivity contribution in [3.8, 4) is 5.75 Å². The molecule has 1 rings (SSSR count). The van der Waals surface area contributed by atoms with E-state index in [0.29, 0.717) is 11.4 Å². The number of hydrogen-bond donors (Lipinski definition) is 1. The Morgan fingerprint density at radius 1 is 1.47 bits per heavy atom. The van der Waals surface area contributed by atoms with Crippen LogP contribution in [-0.4, -0.2) is 17.5 Å². The van der Waals surface area contributed by atoms with Gasteiger partial charge in [0.1, 0.15) is 18.2 Å². The molecule has 82 valence electrons. The Balaban J connectivity index is 2.85. The zero-order valence-corrected chi connectivity index (χ0v) is 9.28. The Labute approximate surface area is 89.5 Å². The number of pyridine rings is 1. The van der Waals surface area contributed by atoms with E-state index < -0.39 is 5.41 Å². The third kappa shape index (κ3) is 3.02. The Morgan fingerprint density at radius 3 is 2.53 bits per heavy atom. The Hall–Kier alpha value is -1.42. The van der Waals surface area contributed by atoms with E-state index in [2.05, 4.69) is 4.98 Å². The molecule has 0 aliphatic rings. The topological polar surface area (TPSA) is 65.2 Å². The van der Waals surface area contributed by atoms with Gasteiger partial charge in [-0.1, -0.05) is 20.8 Å². The number of ether oxygens (including phenoxy) is 1. The smallest absolute Gasteiger partial charge is 0.186 e. The van der Waals surface area contributed by atoms with Crippen LogP contribution >= 0.6 is 0 Å². The molecule has 0 amide bonds. The Bertz CT molecular complexity index is 339. The molecule has 0 aliphatic heterocycles. The lowest BCUT2D eigenvalue weighted by Crippen LogP contribution is -2.21. The molecule has 1 aromatic heterocycles. The van der Waals surface area contributed by atoms with Gasteiger partial charge >= 0.3 is 0 Å². The van der Waals surface area contributed by atoms with Crippen LogP contribution in [0.2, 0.25) is 0 Å². The summed E-state index contributed by atoms with van der Waals surface area (Å²) in [6.45, 7) is 5.69. The van der Waals surface area contributed by atoms with Crippen molar-refractivity contribution in [1.82, 2.24) is 4.98 Å². The minimum absolute atomic E-state index is 0.0156. The van der Waals surface area contributed by atoms with Gasteiger partial charge in [-0.2, -0.15) is 0 Å². The van der Waals surface area contributed by atoms with E-state index in [4.69, 9.17) is 10.5 Å². The molecule has 0 aliphatic carbocycles. The molecular formula is C11H16N2O2. The first kappa shape index (κ1) is 11.7. The molecule has 0 atom stereocenters. The second kappa shape index (κ2) is 4.40. The number of hydrogen-bond acceptors (Lipinski definition) is 4. The van der Waals surface area contributed by atoms with Gasteiger partial charge in [-0.25, -0.2) is 4.98 Å². The standard InChI is InChI=1S/C11H16N2O2/c1-11(2,3)10(14)9-5-4-8(6-13-9)15-7-12/h4-6H,7,12H2,1-3H3. The first-order valence-corrected chi connectivity index (χ1v) is 4.79. The summed E-state index contributed by atoms with van der Waals surface area (Å²) in [7, 11) is 0. The Morgan fingerprint density at radius 2 is 2.13 bits per heavy atom. The van der Waals surface area contributed by atoms with Crippen LogP contribution in [0.3, 0.4) is 0 Å². The van der Waals surface area contributed by atoms with Crippen LogP contribution in [0.4, 0.5) is 0 Å². The van der Waals surface area contributed by atoms with Crippen molar-refractivity contribution in [2.45, 2.75) is 20.8 Å². The number of Topliss-reactive ketones (excluding diaryl/α,β-unsaturated/α-hetero) is 1. The summed E-state index contributed by atoms with van der Waals surface area (Å²) in [4.78, 5) is 15.8. The monoisotopic (exact) mass is 208 g/mol. The first-order chi connectivity index (χ1) is 6.95. The van der Waals surface area contributed by atoms with Crippen molar-refractivity contribution in [2.24, 2.45) is 11.1 Å². The van der Waals surface area contributed by atoms with Crippen LogP contribution in [0.5, 0.6) is 5.75 Å². The van der Waals surface area contributed by atoms with Gasteiger partial charge in [-0.15, -0.1) is 0 Å². The molecule has 0 radical (unpaired) electrons. The number of nitrogens with two attached hydrogens (primary N) is 1. The SMILES string of the molecule is CC(C)(C)C(=O)c1ccc(OCN)cn1. The number of rotatable bonds is 3. The molecule has 1 aromatic rings. The minimum Gasteiger partial charge on any atom is -0.477 e. The number of nitrogens with zero attached hydrogens (tertiary/aromatic N) is 1. The second-order valence-corrected chi connectivity index (χ2v) is 4.27. The lowest BCUT2D eigenvalue weighted by Gasteiger charge is -2.15. The molecule has 0 fully saturated rings. The fourth-order valence-corrected chi connectivity index (χ4v) is 1.08. The third-order valence-electron chi connectivity index (χ3n) is 1.90. The summed E-state index contributed by atoms with van der Waals surface area (Å²) in [5, 5.41) is 0. The van der Waals surface area contributed by atoms with Crippen LogP contribution < -0.4 is 10.5 Å². The van der Waals surface area contributed by atoms with E-state index in [1.54, 1.807) is 12.1 Å². The molecular weight excluding hydrogens is 192 g/mol. The van der Waals surface area contributed by atoms with Crippen molar-refractivity contribution in [1.29, 1.82) is 0 Å². The zero-order chi connectivity index (χ0) is 11.5. The van der Waals surface area contributed by atoms with E-state index in [1.165, 1.54) is 6.20 Å². The molecule has 0 bridgehead atoms. The van der Waals surface area contributed by atoms with Crippen LogP contribution in [0.15, 0.2) is 18.3 Å². The zero-order valence-electron chi connectivity index (χ0n) is 9.28. The van der Waals surface area contributed by atoms with Crippen LogP contribution in [0.25, 0.3) is 0 Å². The maximum atomic E-state index is 11.8. The highest BCUT2D eigenvalue weighted by atomic mass is 16.5. The molecule has 0 spiro atoms. The lowest BCUT2D eigenvalue weighted by atomic mass is 9.89. The lowest BCUT2D eigenvalue weighted by molar-refractivity contribution is 0.0853. The summed E-state index contributed by atoms with van der Waals surface area (Å²) in [6.07, 6.45) is 1.51. The number of carbonyl (C=O) groups excluding carboxylic acids is 1. The molecule has 2 N–H and O–H groups in total. The van der Waals surface area contributed by atoms with E-state index in [-0.39, 0.29) is 12.5 Å². The minimum atomic E-state index is -0.413. The fourth-order valence-electron chi connectivity index (χ4n) is 1.08. The maximum Gasteiger partial charge on any atom is 0.186 e. The van der Waals surface area contributed by atoms with Gasteiger partial charge in [0.25, 0.3) is 0 Å². The van der Waals surface area contributed by atoms with Crippen LogP contribution in [-0.2, 0) is 0 Å². The van der Waals surface area contributed by atoms with Crippen LogP contribution in [0, 0.1) is 5.41 Å². The summed E-state index contributed by atoms with van der Waals surface area (Å²) in [5.74, 6) is 0.588. The molecule has 0 saturated heterocycles. The first-order valence-electron chi connectivity index (χ1n) is 4.79. The van der Waals surface area contributed by atoms with Gasteiger partial charge in [0, 0.05) is 5.41 Å². The quantitative estimate of drug-likeness (QED) is 0.605. The summed E-state index contributed by atoms with van der Waals surface area (Å²) in [6, 6.07) is 3.34. The summed E-state index contributed by atoms with van der Waals surface area (Å²) >= 11 is 0. The van der Waals surface area contributed by atoms with Gasteiger partial charge in [0.15, 0.2) is 5.78 Å². The molecule has 4 nitrogen and oxygen atoms in total. The van der Waals surface area contributed by atoms with Crippen molar-refractivity contribution in [3.05, 3.63) is 24.0 Å². The van der Waals surface area contributed by atoms with Gasteiger partial charge in [0.05, 0.1) is 6.20 Å². The molecule has 15 heavy (non-hydrogen) atoms. The predicted molar refractivity (Wildman–Crippen MR) is 57.7 cm³/mol. The van der Waals surface area contributed by atoms with Crippen molar-refractivity contribution in [2.75, 3.05) is 6.73 Å². The highest BCUT2D eigenvalue weighted by Crippen LogP contribution is 2.20. The maximum absolute atomic E-state index is 11.8. The van der Waals surface area contributed by atoms with Gasteiger partial charge in [-0.05, 0) is 12.1 Å². The number of ketones is 1. The van der Waals surface area contributed by atoms with Crippen molar-refractivity contribution in [3.63, 3.8) is 0 Å². The van der Waals surface area contributed by atoms with E-state index in [9.17, 15) is 4.79 Å². The fraction of sp³-hybridized carbons (Fsp3) is 0.455. The third-order valence-corrected chi connectivity index (χ3v) is 1.90. The molecule has 0 saturated carbocycles. The highest BCUT2D eigenvalue weighted by Gasteiger charge is 2.23. The summed E-state index contributed by atoms with van der Waals surface area (Å²) in [5.41, 5.74) is 5.25. The molecule has 0 unspecified atom stereocenters. The molecule has 1 heterocycles. The molecule has 4 heteroatoms. The average molecular weight is 208 g/mol. The number of carbonyl (C=O) groups is 1. The van der Waals surface area contributed by atoms with Gasteiger partial charge < -0.3 is 4.74 Å². The average Bonchev–Trinajstić information content (AvgIpc) is 2.17. The van der Waals surface area contributed by atoms with E-state index >= 15 is 0 Å². The number of aromatic nitrogens is 1. The van der Waals surface area contributed by atoms with Crippen molar-refractivity contribution >= 4 is 5.78 Å². The van der Waals surface area contributed by atoms with Crippen LogP contribution in [0.1, 0.15) is 31.3 Å². The molecule has 0 aromatic carbocycles. The summed E-state index contributed by atoms with van der Waals surface area (Å²) < 4.78 is 5.03. The highest BCUT2D eigenvalue weighted by molar-refractivity contribution is 5.98. The normalized spacial score (nSPS) is 11.2. The Kier molecular flexibility index (Phi) is 3.42. The van der Waals surface area contributed by atoms with Crippen molar-refractivity contribution < 1.29 is 9.53 Å². The van der Waals surface area contributed by atoms with E-state index in [0.717, 1.165) is 0 Å². The van der Waals surface area contributed by atoms with E-state index in [1.807, 2.05) is 20.8 Å². The largest absolute Gasteiger partial charge is 0.477 e. The second-order valence-electron chi connectivity index (χ2n) is 4.27. The van der Waals surface area contributed by atoms with Gasteiger partial charge in [0.2, 0.25) is 0 Å². The predicted octanol–water partition coefficient (Wildman–Crippen LogP) is 1.61. The van der Waals surface area contributed by atoms with Gasteiger partial charge in [-0.3, -0.25) is 10.5 Å².